The van der Waals surface area contributed by atoms with Gasteiger partial charge in [0.25, 0.3) is 0 Å². The van der Waals surface area contributed by atoms with Crippen molar-refractivity contribution < 1.29 is 4.74 Å². The Morgan fingerprint density at radius 1 is 1.44 bits per heavy atom. The fourth-order valence-electron chi connectivity index (χ4n) is 2.06. The van der Waals surface area contributed by atoms with E-state index in [2.05, 4.69) is 31.0 Å². The SMILES string of the molecule is CCC(C)NCCCC1CN(CC)CCO1. The van der Waals surface area contributed by atoms with Crippen LogP contribution in [-0.2, 0) is 4.74 Å². The largest absolute Gasteiger partial charge is 0.376 e. The van der Waals surface area contributed by atoms with Crippen LogP contribution >= 0.6 is 0 Å². The molecule has 3 nitrogen and oxygen atoms in total. The van der Waals surface area contributed by atoms with Crippen LogP contribution in [0.1, 0.15) is 40.0 Å². The van der Waals surface area contributed by atoms with E-state index in [0.29, 0.717) is 12.1 Å². The number of likely N-dealkylation sites (N-methyl/N-ethyl adjacent to an activating group) is 1. The molecule has 0 aromatic carbocycles. The molecule has 0 aromatic heterocycles. The molecule has 2 atom stereocenters. The molecule has 1 rings (SSSR count). The van der Waals surface area contributed by atoms with Gasteiger partial charge in [-0.3, -0.25) is 4.90 Å². The predicted molar refractivity (Wildman–Crippen MR) is 68.8 cm³/mol. The van der Waals surface area contributed by atoms with Crippen molar-refractivity contribution in [1.82, 2.24) is 10.2 Å². The normalized spacial score (nSPS) is 24.6. The second-order valence-electron chi connectivity index (χ2n) is 4.79. The molecular weight excluding hydrogens is 200 g/mol. The van der Waals surface area contributed by atoms with Crippen molar-refractivity contribution in [1.29, 1.82) is 0 Å². The van der Waals surface area contributed by atoms with Crippen molar-refractivity contribution in [2.45, 2.75) is 52.2 Å². The molecule has 2 unspecified atom stereocenters. The van der Waals surface area contributed by atoms with Gasteiger partial charge >= 0.3 is 0 Å². The standard InChI is InChI=1S/C13H28N2O/c1-4-12(3)14-8-6-7-13-11-15(5-2)9-10-16-13/h12-14H,4-11H2,1-3H3. The van der Waals surface area contributed by atoms with Crippen molar-refractivity contribution in [2.24, 2.45) is 0 Å². The summed E-state index contributed by atoms with van der Waals surface area (Å²) >= 11 is 0. The zero-order chi connectivity index (χ0) is 11.8. The van der Waals surface area contributed by atoms with Crippen LogP contribution in [0.15, 0.2) is 0 Å². The number of morpholine rings is 1. The predicted octanol–water partition coefficient (Wildman–Crippen LogP) is 1.88. The molecule has 1 saturated heterocycles. The molecule has 1 N–H and O–H groups in total. The van der Waals surface area contributed by atoms with Gasteiger partial charge in [0.05, 0.1) is 12.7 Å². The third kappa shape index (κ3) is 5.28. The molecule has 1 aliphatic heterocycles. The first-order chi connectivity index (χ1) is 7.76. The van der Waals surface area contributed by atoms with Crippen molar-refractivity contribution >= 4 is 0 Å². The van der Waals surface area contributed by atoms with E-state index in [4.69, 9.17) is 4.74 Å². The Morgan fingerprint density at radius 3 is 2.94 bits per heavy atom. The maximum atomic E-state index is 5.77. The molecule has 0 amide bonds. The lowest BCUT2D eigenvalue weighted by atomic mass is 10.1. The van der Waals surface area contributed by atoms with E-state index >= 15 is 0 Å². The van der Waals surface area contributed by atoms with Gasteiger partial charge in [0, 0.05) is 19.1 Å². The van der Waals surface area contributed by atoms with Gasteiger partial charge in [0.1, 0.15) is 0 Å². The number of nitrogens with zero attached hydrogens (tertiary/aromatic N) is 1. The zero-order valence-corrected chi connectivity index (χ0v) is 11.2. The molecule has 0 saturated carbocycles. The minimum atomic E-state index is 0.465. The van der Waals surface area contributed by atoms with E-state index in [1.54, 1.807) is 0 Å². The summed E-state index contributed by atoms with van der Waals surface area (Å²) in [5, 5.41) is 3.53. The minimum Gasteiger partial charge on any atom is -0.376 e. The zero-order valence-electron chi connectivity index (χ0n) is 11.2. The summed E-state index contributed by atoms with van der Waals surface area (Å²) < 4.78 is 5.77. The van der Waals surface area contributed by atoms with Crippen LogP contribution < -0.4 is 5.32 Å². The molecule has 1 aliphatic rings. The van der Waals surface area contributed by atoms with E-state index in [1.165, 1.54) is 19.3 Å². The summed E-state index contributed by atoms with van der Waals surface area (Å²) in [5.74, 6) is 0. The lowest BCUT2D eigenvalue weighted by Gasteiger charge is -2.32. The maximum Gasteiger partial charge on any atom is 0.0703 e. The van der Waals surface area contributed by atoms with Gasteiger partial charge in [-0.15, -0.1) is 0 Å². The van der Waals surface area contributed by atoms with Gasteiger partial charge in [0.2, 0.25) is 0 Å². The third-order valence-corrected chi connectivity index (χ3v) is 3.48. The molecule has 1 fully saturated rings. The average Bonchev–Trinajstić information content (AvgIpc) is 2.34. The topological polar surface area (TPSA) is 24.5 Å². The third-order valence-electron chi connectivity index (χ3n) is 3.48. The summed E-state index contributed by atoms with van der Waals surface area (Å²) in [4.78, 5) is 2.48. The quantitative estimate of drug-likeness (QED) is 0.673. The molecule has 0 aromatic rings. The van der Waals surface area contributed by atoms with Gasteiger partial charge in [0.15, 0.2) is 0 Å². The van der Waals surface area contributed by atoms with Crippen LogP contribution in [-0.4, -0.2) is 49.8 Å². The van der Waals surface area contributed by atoms with E-state index in [9.17, 15) is 0 Å². The summed E-state index contributed by atoms with van der Waals surface area (Å²) in [6.07, 6.45) is 4.10. The molecular formula is C13H28N2O. The van der Waals surface area contributed by atoms with Crippen molar-refractivity contribution in [3.63, 3.8) is 0 Å². The Hall–Kier alpha value is -0.120. The highest BCUT2D eigenvalue weighted by Gasteiger charge is 2.18. The Labute approximate surface area is 101 Å². The molecule has 96 valence electrons. The molecule has 16 heavy (non-hydrogen) atoms. The minimum absolute atomic E-state index is 0.465. The van der Waals surface area contributed by atoms with Crippen LogP contribution in [0.4, 0.5) is 0 Å². The van der Waals surface area contributed by atoms with E-state index in [0.717, 1.165) is 32.8 Å². The van der Waals surface area contributed by atoms with Gasteiger partial charge in [-0.05, 0) is 39.3 Å². The number of nitrogens with one attached hydrogen (secondary N) is 1. The van der Waals surface area contributed by atoms with Crippen molar-refractivity contribution in [2.75, 3.05) is 32.8 Å². The van der Waals surface area contributed by atoms with Crippen molar-refractivity contribution in [3.05, 3.63) is 0 Å². The van der Waals surface area contributed by atoms with Gasteiger partial charge in [-0.1, -0.05) is 13.8 Å². The fraction of sp³-hybridized carbons (Fsp3) is 1.00. The second kappa shape index (κ2) is 8.04. The average molecular weight is 228 g/mol. The maximum absolute atomic E-state index is 5.77. The number of hydrogen-bond donors (Lipinski definition) is 1. The Kier molecular flexibility index (Phi) is 7.01. The first-order valence-corrected chi connectivity index (χ1v) is 6.83. The highest BCUT2D eigenvalue weighted by molar-refractivity contribution is 4.71. The Morgan fingerprint density at radius 2 is 2.25 bits per heavy atom. The summed E-state index contributed by atoms with van der Waals surface area (Å²) in [5.41, 5.74) is 0. The van der Waals surface area contributed by atoms with Gasteiger partial charge in [-0.25, -0.2) is 0 Å². The van der Waals surface area contributed by atoms with Gasteiger partial charge in [-0.2, -0.15) is 0 Å². The summed E-state index contributed by atoms with van der Waals surface area (Å²) in [7, 11) is 0. The van der Waals surface area contributed by atoms with Crippen LogP contribution in [0, 0.1) is 0 Å². The van der Waals surface area contributed by atoms with Crippen LogP contribution in [0.25, 0.3) is 0 Å². The first kappa shape index (κ1) is 13.9. The molecule has 0 spiro atoms. The molecule has 3 heteroatoms. The Bertz CT molecular complexity index is 175. The second-order valence-corrected chi connectivity index (χ2v) is 4.79. The van der Waals surface area contributed by atoms with Crippen LogP contribution in [0.3, 0.4) is 0 Å². The number of rotatable bonds is 7. The Balaban J connectivity index is 2.04. The molecule has 0 bridgehead atoms. The molecule has 1 heterocycles. The lowest BCUT2D eigenvalue weighted by molar-refractivity contribution is -0.0309. The van der Waals surface area contributed by atoms with E-state index in [1.807, 2.05) is 0 Å². The van der Waals surface area contributed by atoms with Crippen molar-refractivity contribution in [3.8, 4) is 0 Å². The van der Waals surface area contributed by atoms with Crippen LogP contribution in [0.5, 0.6) is 0 Å². The van der Waals surface area contributed by atoms with E-state index in [-0.39, 0.29) is 0 Å². The van der Waals surface area contributed by atoms with Gasteiger partial charge < -0.3 is 10.1 Å². The van der Waals surface area contributed by atoms with Crippen LogP contribution in [0.2, 0.25) is 0 Å². The highest BCUT2D eigenvalue weighted by Crippen LogP contribution is 2.09. The number of hydrogen-bond acceptors (Lipinski definition) is 3. The first-order valence-electron chi connectivity index (χ1n) is 6.83. The fourth-order valence-corrected chi connectivity index (χ4v) is 2.06. The number of ether oxygens (including phenoxy) is 1. The molecule has 0 aliphatic carbocycles. The highest BCUT2D eigenvalue weighted by atomic mass is 16.5. The van der Waals surface area contributed by atoms with E-state index < -0.39 is 0 Å². The smallest absolute Gasteiger partial charge is 0.0703 e. The monoisotopic (exact) mass is 228 g/mol. The summed E-state index contributed by atoms with van der Waals surface area (Å²) in [6, 6.07) is 0.652. The lowest BCUT2D eigenvalue weighted by Crippen LogP contribution is -2.42. The summed E-state index contributed by atoms with van der Waals surface area (Å²) in [6.45, 7) is 12.1. The molecule has 0 radical (unpaired) electrons.